The van der Waals surface area contributed by atoms with E-state index in [-0.39, 0.29) is 96.3 Å². The van der Waals surface area contributed by atoms with E-state index in [4.69, 9.17) is 36.3 Å². The lowest BCUT2D eigenvalue weighted by atomic mass is 10.0. The molecule has 4 atom stereocenters. The number of piperidine rings is 1. The van der Waals surface area contributed by atoms with Crippen molar-refractivity contribution in [3.8, 4) is 0 Å². The summed E-state index contributed by atoms with van der Waals surface area (Å²) in [6.07, 6.45) is -0.841. The van der Waals surface area contributed by atoms with Crippen LogP contribution in [-0.4, -0.2) is 144 Å². The number of hydrogen-bond donors (Lipinski definition) is 9. The highest BCUT2D eigenvalue weighted by Gasteiger charge is 2.39. The van der Waals surface area contributed by atoms with Gasteiger partial charge in [0.2, 0.25) is 29.5 Å². The normalized spacial score (nSPS) is 15.0. The van der Waals surface area contributed by atoms with Gasteiger partial charge in [-0.2, -0.15) is 0 Å². The molecule has 0 bridgehead atoms. The molecule has 0 aliphatic carbocycles. The van der Waals surface area contributed by atoms with Gasteiger partial charge in [-0.25, -0.2) is 19.2 Å². The number of amides is 12. The van der Waals surface area contributed by atoms with Crippen LogP contribution in [0.25, 0.3) is 0 Å². The van der Waals surface area contributed by atoms with E-state index >= 15 is 0 Å². The molecule has 2 heterocycles. The lowest BCUT2D eigenvalue weighted by Crippen LogP contribution is -2.58. The molecule has 0 saturated carbocycles. The number of urea groups is 2. The van der Waals surface area contributed by atoms with Gasteiger partial charge in [0.05, 0.1) is 13.2 Å². The standard InChI is InChI=1S/C59H80ClN11O15/c1-34(2)48(69-50(75)44(67-56(81)86-59(6,7)8)20-23-47(73)85-58(3,4)5)52(77)66-43(11-10-25-62-54(61)79)49(74)64-39-16-12-35(13-17-39)33-84-57(82)70(9)26-28-83-27-24-37-15-18-40(30-42(37)60)65-55(80)63-31-36-14-19-41-38(29-36)32-71(53(41)78)45-21-22-46(72)68-51(45)76/h12-19,29-30,34,43-45,48H,10-11,20-28,31-33H2,1-9H3,(H,64,74)(H,66,77)(H,67,81)(H,69,75)(H3,61,62,79)(H2,63,65,80)(H,68,72,76)/t43-,44-,45?,48-/m0/s1. The summed E-state index contributed by atoms with van der Waals surface area (Å²) in [7, 11) is 1.56. The first-order chi connectivity index (χ1) is 40.4. The van der Waals surface area contributed by atoms with Crippen LogP contribution < -0.4 is 48.3 Å². The Morgan fingerprint density at radius 1 is 0.779 bits per heavy atom. The van der Waals surface area contributed by atoms with Crippen molar-refractivity contribution in [3.05, 3.63) is 93.5 Å². The molecule has 0 radical (unpaired) electrons. The number of fused-ring (bicyclic) bond motifs is 1. The molecule has 10 N–H and O–H groups in total. The number of likely N-dealkylation sites (N-methyl/N-ethyl adjacent to an activating group) is 1. The number of nitrogens with zero attached hydrogens (tertiary/aromatic N) is 2. The van der Waals surface area contributed by atoms with Crippen molar-refractivity contribution in [1.29, 1.82) is 0 Å². The first-order valence-corrected chi connectivity index (χ1v) is 28.6. The van der Waals surface area contributed by atoms with Crippen LogP contribution in [0, 0.1) is 5.92 Å². The summed E-state index contributed by atoms with van der Waals surface area (Å²) < 4.78 is 22.0. The second-order valence-corrected chi connectivity index (χ2v) is 23.5. The SMILES string of the molecule is CC(C)[C@H](NC(=O)[C@H](CCC(=O)OC(C)(C)C)NC(=O)OC(C)(C)C)C(=O)N[C@@H](CCCNC(N)=O)C(=O)Nc1ccc(COC(=O)N(C)CCOCCc2ccc(NC(=O)NCc3ccc4c(c3)CN(C3CCC(=O)NC3=O)C4=O)cc2Cl)cc1. The first kappa shape index (κ1) is 68.3. The molecule has 1 unspecified atom stereocenters. The first-order valence-electron chi connectivity index (χ1n) is 28.3. The summed E-state index contributed by atoms with van der Waals surface area (Å²) in [5, 5.41) is 21.3. The zero-order valence-corrected chi connectivity index (χ0v) is 50.8. The molecular formula is C59H80ClN11O15. The molecule has 1 fully saturated rings. The smallest absolute Gasteiger partial charge is 0.409 e. The van der Waals surface area contributed by atoms with Gasteiger partial charge in [0.25, 0.3) is 5.91 Å². The Bertz CT molecular complexity index is 2960. The van der Waals surface area contributed by atoms with Gasteiger partial charge >= 0.3 is 30.2 Å². The number of anilines is 2. The minimum absolute atomic E-state index is 0.0401. The summed E-state index contributed by atoms with van der Waals surface area (Å²) >= 11 is 6.55. The Labute approximate surface area is 504 Å². The minimum Gasteiger partial charge on any atom is -0.460 e. The van der Waals surface area contributed by atoms with Gasteiger partial charge in [0, 0.05) is 68.0 Å². The molecule has 1 saturated heterocycles. The van der Waals surface area contributed by atoms with Crippen LogP contribution in [0.1, 0.15) is 127 Å². The van der Waals surface area contributed by atoms with Gasteiger partial charge in [-0.15, -0.1) is 0 Å². The number of rotatable bonds is 27. The minimum atomic E-state index is -1.32. The molecule has 3 aromatic carbocycles. The molecule has 2 aliphatic rings. The number of imide groups is 1. The maximum absolute atomic E-state index is 13.9. The number of benzene rings is 3. The molecule has 26 nitrogen and oxygen atoms in total. The van der Waals surface area contributed by atoms with Crippen molar-refractivity contribution in [2.45, 2.75) is 155 Å². The largest absolute Gasteiger partial charge is 0.460 e. The fourth-order valence-corrected chi connectivity index (χ4v) is 9.15. The molecule has 2 aliphatic heterocycles. The number of nitrogens with one attached hydrogen (secondary N) is 8. The summed E-state index contributed by atoms with van der Waals surface area (Å²) in [5.74, 6) is -4.40. The van der Waals surface area contributed by atoms with Crippen LogP contribution in [-0.2, 0) is 73.8 Å². The zero-order chi connectivity index (χ0) is 63.5. The molecular weight excluding hydrogens is 1140 g/mol. The van der Waals surface area contributed by atoms with Gasteiger partial charge < -0.3 is 71.7 Å². The highest BCUT2D eigenvalue weighted by molar-refractivity contribution is 6.31. The van der Waals surface area contributed by atoms with E-state index in [1.165, 1.54) is 9.80 Å². The van der Waals surface area contributed by atoms with Crippen molar-refractivity contribution in [2.24, 2.45) is 11.7 Å². The van der Waals surface area contributed by atoms with Crippen LogP contribution in [0.3, 0.4) is 0 Å². The van der Waals surface area contributed by atoms with E-state index in [0.29, 0.717) is 33.9 Å². The van der Waals surface area contributed by atoms with Crippen LogP contribution in [0.15, 0.2) is 60.7 Å². The predicted molar refractivity (Wildman–Crippen MR) is 316 cm³/mol. The van der Waals surface area contributed by atoms with Gasteiger partial charge in [-0.05, 0) is 132 Å². The monoisotopic (exact) mass is 1220 g/mol. The van der Waals surface area contributed by atoms with Crippen molar-refractivity contribution >= 4 is 88.6 Å². The van der Waals surface area contributed by atoms with Crippen LogP contribution >= 0.6 is 11.6 Å². The number of hydrogen-bond acceptors (Lipinski definition) is 15. The topological polar surface area (TPSA) is 353 Å². The summed E-state index contributed by atoms with van der Waals surface area (Å²) in [6.45, 7) is 14.4. The van der Waals surface area contributed by atoms with Crippen molar-refractivity contribution in [3.63, 3.8) is 0 Å². The number of carbonyl (C=O) groups excluding carboxylic acids is 11. The molecule has 468 valence electrons. The molecule has 5 rings (SSSR count). The third kappa shape index (κ3) is 22.5. The van der Waals surface area contributed by atoms with Crippen molar-refractivity contribution in [2.75, 3.05) is 44.0 Å². The number of nitrogens with two attached hydrogens (primary N) is 1. The van der Waals surface area contributed by atoms with Crippen LogP contribution in [0.2, 0.25) is 5.02 Å². The Hall–Kier alpha value is -8.52. The van der Waals surface area contributed by atoms with E-state index in [2.05, 4.69) is 42.5 Å². The van der Waals surface area contributed by atoms with Crippen LogP contribution in [0.4, 0.5) is 30.6 Å². The molecule has 0 spiro atoms. The van der Waals surface area contributed by atoms with Gasteiger partial charge in [0.1, 0.15) is 42.0 Å². The zero-order valence-electron chi connectivity index (χ0n) is 50.0. The molecule has 86 heavy (non-hydrogen) atoms. The Morgan fingerprint density at radius 2 is 1.45 bits per heavy atom. The maximum Gasteiger partial charge on any atom is 0.409 e. The van der Waals surface area contributed by atoms with Crippen molar-refractivity contribution < 1.29 is 71.7 Å². The number of ether oxygens (including phenoxy) is 4. The number of alkyl carbamates (subject to hydrolysis) is 1. The van der Waals surface area contributed by atoms with E-state index in [1.807, 2.05) is 6.07 Å². The molecule has 0 aromatic heterocycles. The fraction of sp³-hybridized carbons (Fsp3) is 0.508. The van der Waals surface area contributed by atoms with E-state index in [1.54, 1.807) is 117 Å². The Kier molecular flexibility index (Phi) is 25.1. The molecule has 12 amide bonds. The Morgan fingerprint density at radius 3 is 2.10 bits per heavy atom. The lowest BCUT2D eigenvalue weighted by molar-refractivity contribution is -0.155. The van der Waals surface area contributed by atoms with Gasteiger partial charge in [-0.3, -0.25) is 38.9 Å². The maximum atomic E-state index is 13.9. The number of halogens is 1. The summed E-state index contributed by atoms with van der Waals surface area (Å²) in [5.41, 5.74) is 7.63. The second kappa shape index (κ2) is 31.6. The van der Waals surface area contributed by atoms with Gasteiger partial charge in [0.15, 0.2) is 0 Å². The highest BCUT2D eigenvalue weighted by Crippen LogP contribution is 2.29. The number of esters is 1. The van der Waals surface area contributed by atoms with Crippen LogP contribution in [0.5, 0.6) is 0 Å². The van der Waals surface area contributed by atoms with E-state index in [9.17, 15) is 52.7 Å². The average molecular weight is 1220 g/mol. The molecule has 3 aromatic rings. The third-order valence-corrected chi connectivity index (χ3v) is 13.6. The van der Waals surface area contributed by atoms with E-state index in [0.717, 1.165) is 16.7 Å². The lowest BCUT2D eigenvalue weighted by Gasteiger charge is -2.29. The van der Waals surface area contributed by atoms with Gasteiger partial charge in [-0.1, -0.05) is 55.8 Å². The highest BCUT2D eigenvalue weighted by atomic mass is 35.5. The molecule has 27 heteroatoms. The quantitative estimate of drug-likeness (QED) is 0.0203. The summed E-state index contributed by atoms with van der Waals surface area (Å²) in [6, 6.07) is 11.0. The third-order valence-electron chi connectivity index (χ3n) is 13.2. The van der Waals surface area contributed by atoms with Crippen molar-refractivity contribution in [1.82, 2.24) is 41.7 Å². The fourth-order valence-electron chi connectivity index (χ4n) is 8.88. The number of carbonyl (C=O) groups is 11. The Balaban J connectivity index is 1.04. The number of primary amides is 1. The van der Waals surface area contributed by atoms with E-state index < -0.39 is 95.1 Å². The second-order valence-electron chi connectivity index (χ2n) is 23.1. The average Bonchev–Trinajstić information content (AvgIpc) is 2.45. The predicted octanol–water partition coefficient (Wildman–Crippen LogP) is 5.28. The summed E-state index contributed by atoms with van der Waals surface area (Å²) in [4.78, 5) is 144.